The topological polar surface area (TPSA) is 54.9 Å². The van der Waals surface area contributed by atoms with Crippen LogP contribution in [0.2, 0.25) is 5.02 Å². The fourth-order valence-corrected chi connectivity index (χ4v) is 3.93. The molecule has 1 amide bonds. The summed E-state index contributed by atoms with van der Waals surface area (Å²) >= 11 is 8.83. The van der Waals surface area contributed by atoms with E-state index in [4.69, 9.17) is 11.6 Å². The van der Waals surface area contributed by atoms with Gasteiger partial charge in [-0.1, -0.05) is 52.9 Å². The van der Waals surface area contributed by atoms with Crippen molar-refractivity contribution in [2.75, 3.05) is 5.32 Å². The van der Waals surface area contributed by atoms with Gasteiger partial charge in [-0.15, -0.1) is 10.2 Å². The van der Waals surface area contributed by atoms with Gasteiger partial charge in [-0.3, -0.25) is 10.1 Å². The maximum atomic E-state index is 12.3. The van der Waals surface area contributed by atoms with Gasteiger partial charge in [0.1, 0.15) is 0 Å². The van der Waals surface area contributed by atoms with Gasteiger partial charge in [0.05, 0.1) is 0 Å². The Balaban J connectivity index is 1.60. The van der Waals surface area contributed by atoms with Crippen LogP contribution in [0.15, 0.2) is 46.8 Å². The van der Waals surface area contributed by atoms with Crippen LogP contribution in [0, 0.1) is 13.8 Å². The molecule has 0 bridgehead atoms. The fourth-order valence-electron chi connectivity index (χ4n) is 2.10. The molecule has 0 aliphatic heterocycles. The van der Waals surface area contributed by atoms with Gasteiger partial charge < -0.3 is 0 Å². The Hall–Kier alpha value is -1.89. The minimum absolute atomic E-state index is 0.173. The Morgan fingerprint density at radius 2 is 1.88 bits per heavy atom. The molecule has 0 aliphatic rings. The average molecular weight is 390 g/mol. The molecule has 0 fully saturated rings. The summed E-state index contributed by atoms with van der Waals surface area (Å²) in [6.45, 7) is 4.01. The molecule has 25 heavy (non-hydrogen) atoms. The lowest BCUT2D eigenvalue weighted by Crippen LogP contribution is -2.12. The van der Waals surface area contributed by atoms with E-state index >= 15 is 0 Å². The Bertz CT molecular complexity index is 894. The molecule has 0 atom stereocenters. The third-order valence-corrected chi connectivity index (χ3v) is 5.97. The number of thioether (sulfide) groups is 1. The van der Waals surface area contributed by atoms with Crippen LogP contribution in [0.1, 0.15) is 27.0 Å². The van der Waals surface area contributed by atoms with E-state index in [1.54, 1.807) is 11.8 Å². The summed E-state index contributed by atoms with van der Waals surface area (Å²) in [5.74, 6) is 0.602. The Morgan fingerprint density at radius 3 is 2.60 bits per heavy atom. The molecule has 128 valence electrons. The molecule has 1 aromatic heterocycles. The highest BCUT2D eigenvalue weighted by molar-refractivity contribution is 8.00. The van der Waals surface area contributed by atoms with E-state index in [1.807, 2.05) is 56.3 Å². The van der Waals surface area contributed by atoms with Crippen molar-refractivity contribution in [2.24, 2.45) is 0 Å². The first kappa shape index (κ1) is 17.9. The second kappa shape index (κ2) is 7.99. The lowest BCUT2D eigenvalue weighted by molar-refractivity contribution is 0.102. The third kappa shape index (κ3) is 4.81. The highest BCUT2D eigenvalue weighted by atomic mass is 35.5. The van der Waals surface area contributed by atoms with Crippen molar-refractivity contribution in [3.8, 4) is 0 Å². The zero-order valence-corrected chi connectivity index (χ0v) is 16.1. The van der Waals surface area contributed by atoms with E-state index in [0.717, 1.165) is 31.8 Å². The van der Waals surface area contributed by atoms with Crippen LogP contribution in [0.5, 0.6) is 0 Å². The number of halogens is 1. The van der Waals surface area contributed by atoms with Crippen molar-refractivity contribution in [1.82, 2.24) is 10.2 Å². The molecule has 0 spiro atoms. The molecular weight excluding hydrogens is 374 g/mol. The zero-order valence-electron chi connectivity index (χ0n) is 13.7. The summed E-state index contributed by atoms with van der Waals surface area (Å²) in [5, 5.41) is 12.2. The molecule has 2 aromatic carbocycles. The minimum atomic E-state index is -0.173. The van der Waals surface area contributed by atoms with Gasteiger partial charge in [-0.25, -0.2) is 0 Å². The smallest absolute Gasteiger partial charge is 0.257 e. The predicted molar refractivity (Wildman–Crippen MR) is 105 cm³/mol. The summed E-state index contributed by atoms with van der Waals surface area (Å²) in [4.78, 5) is 12.3. The number of amides is 1. The fraction of sp³-hybridized carbons (Fsp3) is 0.167. The largest absolute Gasteiger partial charge is 0.296 e. The van der Waals surface area contributed by atoms with Gasteiger partial charge in [0.25, 0.3) is 5.91 Å². The van der Waals surface area contributed by atoms with Crippen LogP contribution in [-0.2, 0) is 5.75 Å². The Kier molecular flexibility index (Phi) is 5.73. The molecule has 1 N–H and O–H groups in total. The number of benzene rings is 2. The molecule has 0 radical (unpaired) electrons. The van der Waals surface area contributed by atoms with Gasteiger partial charge in [0, 0.05) is 16.3 Å². The van der Waals surface area contributed by atoms with E-state index in [-0.39, 0.29) is 5.91 Å². The van der Waals surface area contributed by atoms with Crippen LogP contribution in [0.3, 0.4) is 0 Å². The zero-order chi connectivity index (χ0) is 17.8. The second-order valence-electron chi connectivity index (χ2n) is 5.54. The van der Waals surface area contributed by atoms with E-state index in [1.165, 1.54) is 11.3 Å². The summed E-state index contributed by atoms with van der Waals surface area (Å²) < 4.78 is 0.810. The van der Waals surface area contributed by atoms with Gasteiger partial charge in [-0.2, -0.15) is 0 Å². The summed E-state index contributed by atoms with van der Waals surface area (Å²) in [6.07, 6.45) is 0. The first-order chi connectivity index (χ1) is 12.0. The lowest BCUT2D eigenvalue weighted by atomic mass is 10.1. The highest BCUT2D eigenvalue weighted by Crippen LogP contribution is 2.29. The molecule has 7 heteroatoms. The monoisotopic (exact) mass is 389 g/mol. The number of aryl methyl sites for hydroxylation is 2. The van der Waals surface area contributed by atoms with Crippen molar-refractivity contribution >= 4 is 45.7 Å². The third-order valence-electron chi connectivity index (χ3n) is 3.67. The van der Waals surface area contributed by atoms with E-state index in [9.17, 15) is 4.79 Å². The molecular formula is C18H16ClN3OS2. The van der Waals surface area contributed by atoms with Gasteiger partial charge >= 0.3 is 0 Å². The summed E-state index contributed by atoms with van der Waals surface area (Å²) in [7, 11) is 0. The van der Waals surface area contributed by atoms with Crippen molar-refractivity contribution in [3.63, 3.8) is 0 Å². The minimum Gasteiger partial charge on any atom is -0.296 e. The number of nitrogens with zero attached hydrogens (tertiary/aromatic N) is 2. The van der Waals surface area contributed by atoms with Crippen molar-refractivity contribution in [3.05, 3.63) is 69.7 Å². The number of carbonyl (C=O) groups is 1. The van der Waals surface area contributed by atoms with Crippen LogP contribution in [0.25, 0.3) is 0 Å². The molecule has 0 saturated carbocycles. The van der Waals surface area contributed by atoms with Crippen LogP contribution < -0.4 is 5.32 Å². The molecule has 4 nitrogen and oxygen atoms in total. The first-order valence-corrected chi connectivity index (χ1v) is 9.78. The Labute approximate surface area is 159 Å². The molecule has 1 heterocycles. The Morgan fingerprint density at radius 1 is 1.12 bits per heavy atom. The molecule has 3 rings (SSSR count). The normalized spacial score (nSPS) is 10.7. The van der Waals surface area contributed by atoms with Crippen LogP contribution in [0.4, 0.5) is 5.13 Å². The maximum Gasteiger partial charge on any atom is 0.257 e. The average Bonchev–Trinajstić information content (AvgIpc) is 3.04. The quantitative estimate of drug-likeness (QED) is 0.471. The highest BCUT2D eigenvalue weighted by Gasteiger charge is 2.11. The summed E-state index contributed by atoms with van der Waals surface area (Å²) in [5.41, 5.74) is 4.02. The predicted octanol–water partition coefficient (Wildman–Crippen LogP) is 5.35. The first-order valence-electron chi connectivity index (χ1n) is 7.60. The number of carbonyl (C=O) groups excluding carboxylic acids is 1. The van der Waals surface area contributed by atoms with Crippen molar-refractivity contribution < 1.29 is 4.79 Å². The van der Waals surface area contributed by atoms with Crippen LogP contribution in [-0.4, -0.2) is 16.1 Å². The van der Waals surface area contributed by atoms with Gasteiger partial charge in [0.2, 0.25) is 5.13 Å². The van der Waals surface area contributed by atoms with E-state index in [2.05, 4.69) is 15.5 Å². The number of nitrogens with one attached hydrogen (secondary N) is 1. The molecule has 0 aliphatic carbocycles. The van der Waals surface area contributed by atoms with E-state index < -0.39 is 0 Å². The number of hydrogen-bond acceptors (Lipinski definition) is 5. The summed E-state index contributed by atoms with van der Waals surface area (Å²) in [6, 6.07) is 13.3. The van der Waals surface area contributed by atoms with Crippen LogP contribution >= 0.6 is 34.7 Å². The second-order valence-corrected chi connectivity index (χ2v) is 8.18. The lowest BCUT2D eigenvalue weighted by Gasteiger charge is -2.04. The van der Waals surface area contributed by atoms with Crippen molar-refractivity contribution in [2.45, 2.75) is 23.9 Å². The number of aromatic nitrogens is 2. The van der Waals surface area contributed by atoms with Gasteiger partial charge in [-0.05, 0) is 54.8 Å². The molecule has 0 unspecified atom stereocenters. The number of rotatable bonds is 5. The van der Waals surface area contributed by atoms with Crippen molar-refractivity contribution in [1.29, 1.82) is 0 Å². The SMILES string of the molecule is Cc1ccc(C(=O)Nc2nnc(SCc3ccc(Cl)cc3)s2)cc1C. The maximum absolute atomic E-state index is 12.3. The standard InChI is InChI=1S/C18H16ClN3OS2/c1-11-3-6-14(9-12(11)2)16(23)20-17-21-22-18(25-17)24-10-13-4-7-15(19)8-5-13/h3-9H,10H2,1-2H3,(H,20,21,23). The molecule has 0 saturated heterocycles. The number of anilines is 1. The molecule has 3 aromatic rings. The van der Waals surface area contributed by atoms with Gasteiger partial charge in [0.15, 0.2) is 4.34 Å². The van der Waals surface area contributed by atoms with E-state index in [0.29, 0.717) is 10.7 Å². The number of hydrogen-bond donors (Lipinski definition) is 1.